The molecule has 0 atom stereocenters. The Kier molecular flexibility index (Phi) is 4.28. The minimum absolute atomic E-state index is 0.176. The van der Waals surface area contributed by atoms with Gasteiger partial charge in [0.1, 0.15) is 11.4 Å². The third-order valence-corrected chi connectivity index (χ3v) is 3.09. The van der Waals surface area contributed by atoms with Gasteiger partial charge in [-0.05, 0) is 32.9 Å². The van der Waals surface area contributed by atoms with Crippen LogP contribution in [0.4, 0.5) is 23.6 Å². The number of aromatic nitrogens is 1. The summed E-state index contributed by atoms with van der Waals surface area (Å²) in [5.74, 6) is 0.221. The summed E-state index contributed by atoms with van der Waals surface area (Å²) in [6, 6.07) is 6.56. The second kappa shape index (κ2) is 5.75. The van der Waals surface area contributed by atoms with Gasteiger partial charge in [0.2, 0.25) is 0 Å². The number of hydrogen-bond acceptors (Lipinski definition) is 3. The Bertz CT molecular complexity index is 742. The lowest BCUT2D eigenvalue weighted by Crippen LogP contribution is -2.35. The lowest BCUT2D eigenvalue weighted by atomic mass is 9.80. The molecule has 0 aliphatic heterocycles. The van der Waals surface area contributed by atoms with Crippen LogP contribution >= 0.6 is 0 Å². The molecule has 8 heteroatoms. The summed E-state index contributed by atoms with van der Waals surface area (Å²) in [6.45, 7) is 0.0842. The Labute approximate surface area is 132 Å². The summed E-state index contributed by atoms with van der Waals surface area (Å²) < 4.78 is 43.7. The molecule has 23 heavy (non-hydrogen) atoms. The molecule has 0 radical (unpaired) electrons. The summed E-state index contributed by atoms with van der Waals surface area (Å²) in [4.78, 5) is 17.3. The van der Waals surface area contributed by atoms with E-state index >= 15 is 0 Å². The van der Waals surface area contributed by atoms with Crippen LogP contribution in [-0.2, 0) is 4.74 Å². The number of fused-ring (bicyclic) bond motifs is 1. The Morgan fingerprint density at radius 3 is 2.35 bits per heavy atom. The van der Waals surface area contributed by atoms with Crippen molar-refractivity contribution in [3.8, 4) is 0 Å². The molecule has 0 saturated carbocycles. The number of rotatable bonds is 2. The van der Waals surface area contributed by atoms with Gasteiger partial charge >= 0.3 is 13.1 Å². The van der Waals surface area contributed by atoms with Gasteiger partial charge in [0.05, 0.1) is 5.52 Å². The van der Waals surface area contributed by atoms with Crippen molar-refractivity contribution in [1.82, 2.24) is 4.98 Å². The standard InChI is InChI=1S/C15H17BF3N2O2/c1-15(2,3)23-14(22)21(4)13-8-6-10-5-7-11(16(17,18)19)9-12(10)20-13/h5-9H,1-4H3/q-1. The molecule has 0 spiro atoms. The zero-order chi connectivity index (χ0) is 17.4. The number of hydrogen-bond donors (Lipinski definition) is 0. The Balaban J connectivity index is 2.37. The molecule has 2 rings (SSSR count). The highest BCUT2D eigenvalue weighted by Crippen LogP contribution is 2.20. The summed E-state index contributed by atoms with van der Waals surface area (Å²) in [5.41, 5.74) is -1.22. The van der Waals surface area contributed by atoms with Gasteiger partial charge in [0, 0.05) is 12.4 Å². The third kappa shape index (κ3) is 4.15. The summed E-state index contributed by atoms with van der Waals surface area (Å²) in [5, 5.41) is 0.565. The first kappa shape index (κ1) is 17.1. The molecule has 0 aliphatic carbocycles. The number of anilines is 1. The molecule has 0 fully saturated rings. The van der Waals surface area contributed by atoms with Gasteiger partial charge in [-0.1, -0.05) is 18.2 Å². The fourth-order valence-electron chi connectivity index (χ4n) is 1.94. The highest BCUT2D eigenvalue weighted by molar-refractivity contribution is 6.73. The average molecular weight is 325 g/mol. The number of nitrogens with zero attached hydrogens (tertiary/aromatic N) is 2. The molecule has 1 amide bonds. The monoisotopic (exact) mass is 325 g/mol. The summed E-state index contributed by atoms with van der Waals surface area (Å²) in [7, 11) is 1.46. The summed E-state index contributed by atoms with van der Waals surface area (Å²) >= 11 is 0. The second-order valence-corrected chi connectivity index (χ2v) is 6.24. The van der Waals surface area contributed by atoms with Gasteiger partial charge in [-0.2, -0.15) is 0 Å². The number of carbonyl (C=O) groups excluding carboxylic acids is 1. The van der Waals surface area contributed by atoms with E-state index < -0.39 is 24.1 Å². The molecule has 0 saturated heterocycles. The van der Waals surface area contributed by atoms with Crippen molar-refractivity contribution in [1.29, 1.82) is 0 Å². The highest BCUT2D eigenvalue weighted by atomic mass is 19.4. The van der Waals surface area contributed by atoms with E-state index in [4.69, 9.17) is 4.74 Å². The normalized spacial score (nSPS) is 12.3. The zero-order valence-corrected chi connectivity index (χ0v) is 13.3. The molecule has 1 aromatic heterocycles. The van der Waals surface area contributed by atoms with Crippen LogP contribution in [0.5, 0.6) is 0 Å². The molecule has 0 unspecified atom stereocenters. The van der Waals surface area contributed by atoms with E-state index in [0.29, 0.717) is 5.39 Å². The van der Waals surface area contributed by atoms with Crippen molar-refractivity contribution in [3.63, 3.8) is 0 Å². The van der Waals surface area contributed by atoms with Crippen LogP contribution < -0.4 is 10.4 Å². The molecule has 4 nitrogen and oxygen atoms in total. The van der Waals surface area contributed by atoms with Crippen molar-refractivity contribution in [3.05, 3.63) is 30.3 Å². The molecule has 0 aliphatic rings. The van der Waals surface area contributed by atoms with Crippen LogP contribution in [-0.4, -0.2) is 30.7 Å². The molecule has 0 N–H and O–H groups in total. The van der Waals surface area contributed by atoms with Crippen LogP contribution in [0.25, 0.3) is 10.9 Å². The molecule has 0 bridgehead atoms. The minimum atomic E-state index is -5.10. The summed E-state index contributed by atoms with van der Waals surface area (Å²) in [6.07, 6.45) is -0.624. The number of halogens is 3. The molecule has 1 aromatic carbocycles. The van der Waals surface area contributed by atoms with Crippen LogP contribution in [0.15, 0.2) is 30.3 Å². The SMILES string of the molecule is CN(C(=O)OC(C)(C)C)c1ccc2ccc([B-](F)(F)F)cc2n1. The van der Waals surface area contributed by atoms with E-state index in [9.17, 15) is 17.7 Å². The molecule has 2 aromatic rings. The average Bonchev–Trinajstić information content (AvgIpc) is 2.42. The van der Waals surface area contributed by atoms with Gasteiger partial charge in [-0.15, -0.1) is 5.46 Å². The minimum Gasteiger partial charge on any atom is -0.445 e. The number of carbonyl (C=O) groups is 1. The molecule has 1 heterocycles. The van der Waals surface area contributed by atoms with E-state index in [-0.39, 0.29) is 11.3 Å². The Morgan fingerprint density at radius 1 is 1.17 bits per heavy atom. The maximum atomic E-state index is 12.8. The fourth-order valence-corrected chi connectivity index (χ4v) is 1.94. The van der Waals surface area contributed by atoms with Gasteiger partial charge in [-0.3, -0.25) is 4.90 Å². The predicted molar refractivity (Wildman–Crippen MR) is 85.1 cm³/mol. The van der Waals surface area contributed by atoms with Gasteiger partial charge < -0.3 is 17.7 Å². The third-order valence-electron chi connectivity index (χ3n) is 3.09. The quantitative estimate of drug-likeness (QED) is 0.792. The van der Waals surface area contributed by atoms with E-state index in [1.807, 2.05) is 0 Å². The molecule has 124 valence electrons. The largest absolute Gasteiger partial charge is 0.509 e. The smallest absolute Gasteiger partial charge is 0.445 e. The zero-order valence-electron chi connectivity index (χ0n) is 13.3. The topological polar surface area (TPSA) is 42.4 Å². The Morgan fingerprint density at radius 2 is 1.78 bits per heavy atom. The first-order valence-corrected chi connectivity index (χ1v) is 7.05. The number of pyridine rings is 1. The van der Waals surface area contributed by atoms with Crippen LogP contribution in [0.3, 0.4) is 0 Å². The van der Waals surface area contributed by atoms with E-state index in [2.05, 4.69) is 4.98 Å². The molecular weight excluding hydrogens is 308 g/mol. The van der Waals surface area contributed by atoms with Gasteiger partial charge in [0.15, 0.2) is 0 Å². The van der Waals surface area contributed by atoms with Crippen molar-refractivity contribution >= 4 is 35.3 Å². The van der Waals surface area contributed by atoms with E-state index in [0.717, 1.165) is 17.0 Å². The highest BCUT2D eigenvalue weighted by Gasteiger charge is 2.26. The van der Waals surface area contributed by atoms with Crippen molar-refractivity contribution in [2.75, 3.05) is 11.9 Å². The Hall–Kier alpha value is -2.25. The maximum absolute atomic E-state index is 12.8. The fraction of sp³-hybridized carbons (Fsp3) is 0.333. The number of benzene rings is 1. The second-order valence-electron chi connectivity index (χ2n) is 6.24. The van der Waals surface area contributed by atoms with E-state index in [1.165, 1.54) is 13.1 Å². The van der Waals surface area contributed by atoms with Crippen LogP contribution in [0, 0.1) is 0 Å². The van der Waals surface area contributed by atoms with Gasteiger partial charge in [0.25, 0.3) is 0 Å². The maximum Gasteiger partial charge on any atom is 0.509 e. The van der Waals surface area contributed by atoms with Crippen molar-refractivity contribution < 1.29 is 22.5 Å². The van der Waals surface area contributed by atoms with Crippen LogP contribution in [0.1, 0.15) is 20.8 Å². The lowest BCUT2D eigenvalue weighted by molar-refractivity contribution is 0.0588. The number of ether oxygens (including phenoxy) is 1. The van der Waals surface area contributed by atoms with Gasteiger partial charge in [-0.25, -0.2) is 9.78 Å². The predicted octanol–water partition coefficient (Wildman–Crippen LogP) is 3.66. The first-order valence-electron chi connectivity index (χ1n) is 7.05. The van der Waals surface area contributed by atoms with Crippen LogP contribution in [0.2, 0.25) is 0 Å². The number of amides is 1. The van der Waals surface area contributed by atoms with E-state index in [1.54, 1.807) is 32.9 Å². The van der Waals surface area contributed by atoms with Crippen molar-refractivity contribution in [2.45, 2.75) is 26.4 Å². The lowest BCUT2D eigenvalue weighted by Gasteiger charge is -2.24. The first-order chi connectivity index (χ1) is 10.5. The molecular formula is C15H17BF3N2O2-. The van der Waals surface area contributed by atoms with Crippen molar-refractivity contribution in [2.24, 2.45) is 0 Å².